The molecule has 0 atom stereocenters. The molecule has 2 aromatic carbocycles. The van der Waals surface area contributed by atoms with Crippen LogP contribution in [0.15, 0.2) is 40.2 Å². The number of aliphatic imine (C=N–C) groups is 1. The average molecular weight is 547 g/mol. The van der Waals surface area contributed by atoms with Crippen molar-refractivity contribution in [2.45, 2.75) is 43.9 Å². The zero-order valence-electron chi connectivity index (χ0n) is 22.2. The van der Waals surface area contributed by atoms with Gasteiger partial charge in [0.25, 0.3) is 5.91 Å². The van der Waals surface area contributed by atoms with Gasteiger partial charge in [-0.1, -0.05) is 6.07 Å². The first-order valence-electron chi connectivity index (χ1n) is 14.0. The molecule has 0 aromatic heterocycles. The van der Waals surface area contributed by atoms with Gasteiger partial charge in [0.1, 0.15) is 5.75 Å². The number of hydrogen-bond acceptors (Lipinski definition) is 7. The predicted octanol–water partition coefficient (Wildman–Crippen LogP) is 5.54. The van der Waals surface area contributed by atoms with Gasteiger partial charge < -0.3 is 24.6 Å². The van der Waals surface area contributed by atoms with Gasteiger partial charge in [-0.15, -0.1) is 0 Å². The van der Waals surface area contributed by atoms with Crippen LogP contribution in [-0.4, -0.2) is 59.6 Å². The molecule has 1 amide bonds. The number of phenols is 2. The number of amides is 1. The molecule has 2 heterocycles. The van der Waals surface area contributed by atoms with Gasteiger partial charge in [-0.25, -0.2) is 0 Å². The van der Waals surface area contributed by atoms with Gasteiger partial charge in [-0.05, 0) is 115 Å². The number of rotatable bonds is 4. The summed E-state index contributed by atoms with van der Waals surface area (Å²) in [4.78, 5) is 19.6. The van der Waals surface area contributed by atoms with Crippen molar-refractivity contribution < 1.29 is 24.5 Å². The maximum atomic E-state index is 12.8. The Morgan fingerprint density at radius 2 is 1.74 bits per heavy atom. The average Bonchev–Trinajstić information content (AvgIpc) is 3.29. The first-order valence-corrected chi connectivity index (χ1v) is 14.8. The maximum Gasteiger partial charge on any atom is 0.286 e. The van der Waals surface area contributed by atoms with Crippen molar-refractivity contribution in [3.8, 4) is 28.4 Å². The highest BCUT2D eigenvalue weighted by molar-refractivity contribution is 8.18. The van der Waals surface area contributed by atoms with Gasteiger partial charge in [0.15, 0.2) is 16.7 Å². The third-order valence-electron chi connectivity index (χ3n) is 9.42. The Morgan fingerprint density at radius 1 is 1.05 bits per heavy atom. The van der Waals surface area contributed by atoms with Crippen molar-refractivity contribution in [3.63, 3.8) is 0 Å². The molecule has 8 heteroatoms. The SMILES string of the molecule is COc1cc(C=C2SC(N3CCOCC3)=NC2=O)cc(-c2ccc(O)c(C34CC5CC(CC(C5)C3)C4)c2)c1O. The minimum atomic E-state index is -0.260. The molecular formula is C31H34N2O5S. The Balaban J connectivity index is 1.23. The zero-order chi connectivity index (χ0) is 26.7. The smallest absolute Gasteiger partial charge is 0.286 e. The number of morpholine rings is 1. The van der Waals surface area contributed by atoms with Crippen LogP contribution in [0.5, 0.6) is 17.2 Å². The lowest BCUT2D eigenvalue weighted by Crippen LogP contribution is -2.48. The van der Waals surface area contributed by atoms with Crippen molar-refractivity contribution >= 4 is 28.9 Å². The Labute approximate surface area is 232 Å². The molecular weight excluding hydrogens is 512 g/mol. The number of carbonyl (C=O) groups is 1. The molecule has 0 unspecified atom stereocenters. The lowest BCUT2D eigenvalue weighted by Gasteiger charge is -2.57. The topological polar surface area (TPSA) is 91.6 Å². The molecule has 8 rings (SSSR count). The minimum absolute atomic E-state index is 0.0221. The van der Waals surface area contributed by atoms with Crippen LogP contribution in [0, 0.1) is 17.8 Å². The second-order valence-electron chi connectivity index (χ2n) is 12.0. The molecule has 39 heavy (non-hydrogen) atoms. The van der Waals surface area contributed by atoms with Gasteiger partial charge in [0.05, 0.1) is 25.2 Å². The molecule has 4 aliphatic carbocycles. The van der Waals surface area contributed by atoms with Gasteiger partial charge in [0, 0.05) is 24.2 Å². The van der Waals surface area contributed by atoms with Crippen LogP contribution in [0.3, 0.4) is 0 Å². The van der Waals surface area contributed by atoms with E-state index in [0.717, 1.165) is 66.8 Å². The van der Waals surface area contributed by atoms with Gasteiger partial charge >= 0.3 is 0 Å². The van der Waals surface area contributed by atoms with E-state index >= 15 is 0 Å². The highest BCUT2D eigenvalue weighted by Gasteiger charge is 2.52. The standard InChI is InChI=1S/C31H34N2O5S/c1-37-26-12-18(13-27-29(36)32-30(39-27)33-4-6-38-7-5-33)11-23(28(26)35)22-2-3-25(34)24(14-22)31-15-19-8-20(16-31)10-21(9-19)17-31/h2-3,11-14,19-21,34-35H,4-10,15-17H2,1H3. The number of carbonyl (C=O) groups excluding carboxylic acids is 1. The second kappa shape index (κ2) is 9.59. The van der Waals surface area contributed by atoms with Crippen LogP contribution in [0.2, 0.25) is 0 Å². The van der Waals surface area contributed by atoms with E-state index in [1.54, 1.807) is 12.1 Å². The number of benzene rings is 2. The lowest BCUT2D eigenvalue weighted by atomic mass is 9.48. The Hall–Kier alpha value is -2.97. The summed E-state index contributed by atoms with van der Waals surface area (Å²) in [5, 5.41) is 22.9. The third-order valence-corrected chi connectivity index (χ3v) is 10.5. The van der Waals surface area contributed by atoms with Crippen LogP contribution >= 0.6 is 11.8 Å². The van der Waals surface area contributed by atoms with E-state index in [4.69, 9.17) is 9.47 Å². The fourth-order valence-electron chi connectivity index (χ4n) is 8.10. The number of ether oxygens (including phenoxy) is 2. The number of nitrogens with zero attached hydrogens (tertiary/aromatic N) is 2. The summed E-state index contributed by atoms with van der Waals surface area (Å²) in [7, 11) is 1.53. The largest absolute Gasteiger partial charge is 0.508 e. The summed E-state index contributed by atoms with van der Waals surface area (Å²) in [6, 6.07) is 9.36. The summed E-state index contributed by atoms with van der Waals surface area (Å²) in [6.07, 6.45) is 9.24. The van der Waals surface area contributed by atoms with E-state index in [1.807, 2.05) is 18.2 Å². The quantitative estimate of drug-likeness (QED) is 0.486. The van der Waals surface area contributed by atoms with Crippen molar-refractivity contribution in [2.24, 2.45) is 22.7 Å². The van der Waals surface area contributed by atoms with Crippen molar-refractivity contribution in [3.05, 3.63) is 46.4 Å². The molecule has 0 radical (unpaired) electrons. The van der Waals surface area contributed by atoms with Gasteiger partial charge in [-0.3, -0.25) is 4.79 Å². The number of thioether (sulfide) groups is 1. The molecule has 2 N–H and O–H groups in total. The number of methoxy groups -OCH3 is 1. The van der Waals surface area contributed by atoms with Crippen LogP contribution in [0.4, 0.5) is 0 Å². The summed E-state index contributed by atoms with van der Waals surface area (Å²) in [5.41, 5.74) is 3.25. The normalized spacial score (nSPS) is 30.7. The van der Waals surface area contributed by atoms with Crippen LogP contribution < -0.4 is 4.74 Å². The number of amidine groups is 1. The fourth-order valence-corrected chi connectivity index (χ4v) is 9.06. The monoisotopic (exact) mass is 546 g/mol. The summed E-state index contributed by atoms with van der Waals surface area (Å²) < 4.78 is 11.0. The third kappa shape index (κ3) is 4.42. The first-order chi connectivity index (χ1) is 18.9. The van der Waals surface area contributed by atoms with E-state index in [2.05, 4.69) is 16.0 Å². The Bertz CT molecular complexity index is 1360. The van der Waals surface area contributed by atoms with E-state index in [9.17, 15) is 15.0 Å². The van der Waals surface area contributed by atoms with Crippen LogP contribution in [-0.2, 0) is 14.9 Å². The highest BCUT2D eigenvalue weighted by atomic mass is 32.2. The molecule has 7 nitrogen and oxygen atoms in total. The van der Waals surface area contributed by atoms with Crippen molar-refractivity contribution in [1.29, 1.82) is 0 Å². The fraction of sp³-hybridized carbons (Fsp3) is 0.484. The highest BCUT2D eigenvalue weighted by Crippen LogP contribution is 2.62. The Kier molecular flexibility index (Phi) is 6.16. The van der Waals surface area contributed by atoms with Crippen molar-refractivity contribution in [1.82, 2.24) is 4.90 Å². The molecule has 4 bridgehead atoms. The molecule has 2 aliphatic heterocycles. The summed E-state index contributed by atoms with van der Waals surface area (Å²) in [5.74, 6) is 2.76. The molecule has 2 aromatic rings. The molecule has 0 spiro atoms. The van der Waals surface area contributed by atoms with E-state index in [0.29, 0.717) is 40.3 Å². The molecule has 1 saturated heterocycles. The Morgan fingerprint density at radius 3 is 2.41 bits per heavy atom. The summed E-state index contributed by atoms with van der Waals surface area (Å²) in [6.45, 7) is 2.69. The number of aromatic hydroxyl groups is 2. The molecule has 204 valence electrons. The molecule has 6 aliphatic rings. The zero-order valence-corrected chi connectivity index (χ0v) is 23.0. The predicted molar refractivity (Wildman–Crippen MR) is 152 cm³/mol. The van der Waals surface area contributed by atoms with Crippen LogP contribution in [0.1, 0.15) is 49.7 Å². The minimum Gasteiger partial charge on any atom is -0.508 e. The molecule has 5 fully saturated rings. The first kappa shape index (κ1) is 25.0. The lowest BCUT2D eigenvalue weighted by molar-refractivity contribution is -0.113. The van der Waals surface area contributed by atoms with Gasteiger partial charge in [0.2, 0.25) is 0 Å². The van der Waals surface area contributed by atoms with Crippen LogP contribution in [0.25, 0.3) is 17.2 Å². The number of phenolic OH excluding ortho intramolecular Hbond substituents is 2. The molecule has 4 saturated carbocycles. The maximum absolute atomic E-state index is 12.8. The van der Waals surface area contributed by atoms with Gasteiger partial charge in [-0.2, -0.15) is 4.99 Å². The van der Waals surface area contributed by atoms with E-state index in [1.165, 1.54) is 38.1 Å². The second-order valence-corrected chi connectivity index (χ2v) is 13.0. The van der Waals surface area contributed by atoms with Crippen molar-refractivity contribution in [2.75, 3.05) is 33.4 Å². The van der Waals surface area contributed by atoms with E-state index < -0.39 is 0 Å². The number of hydrogen-bond donors (Lipinski definition) is 2. The summed E-state index contributed by atoms with van der Waals surface area (Å²) >= 11 is 1.37. The van der Waals surface area contributed by atoms with E-state index in [-0.39, 0.29) is 17.1 Å².